The second-order valence-electron chi connectivity index (χ2n) is 6.24. The fourth-order valence-corrected chi connectivity index (χ4v) is 2.77. The highest BCUT2D eigenvalue weighted by Crippen LogP contribution is 2.16. The summed E-state index contributed by atoms with van der Waals surface area (Å²) in [6.45, 7) is 5.69. The van der Waals surface area contributed by atoms with Gasteiger partial charge in [0, 0.05) is 0 Å². The first kappa shape index (κ1) is 18.7. The molecule has 2 N–H and O–H groups in total. The number of benzene rings is 2. The number of nitrogens with one attached hydrogen (secondary N) is 2. The predicted molar refractivity (Wildman–Crippen MR) is 99.8 cm³/mol. The summed E-state index contributed by atoms with van der Waals surface area (Å²) in [7, 11) is 0. The quantitative estimate of drug-likeness (QED) is 0.755. The predicted octanol–water partition coefficient (Wildman–Crippen LogP) is 3.77. The van der Waals surface area contributed by atoms with E-state index < -0.39 is 5.92 Å². The smallest absolute Gasteiger partial charge is 0.233 e. The molecule has 0 bridgehead atoms. The molecule has 0 fully saturated rings. The highest BCUT2D eigenvalue weighted by Gasteiger charge is 2.27. The van der Waals surface area contributed by atoms with E-state index in [4.69, 9.17) is 0 Å². The average molecular weight is 338 g/mol. The van der Waals surface area contributed by atoms with E-state index in [0.717, 1.165) is 11.1 Å². The SMILES string of the molecule is CCC(C(=O)NC(C)c1ccccc1)C(=O)NC(C)c1ccccc1. The number of amides is 2. The van der Waals surface area contributed by atoms with Gasteiger partial charge < -0.3 is 10.6 Å². The van der Waals surface area contributed by atoms with Gasteiger partial charge in [0.05, 0.1) is 12.1 Å². The van der Waals surface area contributed by atoms with E-state index in [0.29, 0.717) is 6.42 Å². The molecule has 132 valence electrons. The van der Waals surface area contributed by atoms with E-state index >= 15 is 0 Å². The van der Waals surface area contributed by atoms with Crippen LogP contribution in [0.5, 0.6) is 0 Å². The van der Waals surface area contributed by atoms with Gasteiger partial charge in [0.25, 0.3) is 0 Å². The molecule has 25 heavy (non-hydrogen) atoms. The summed E-state index contributed by atoms with van der Waals surface area (Å²) in [4.78, 5) is 25.1. The number of carbonyl (C=O) groups excluding carboxylic acids is 2. The molecule has 0 heterocycles. The molecule has 2 amide bonds. The van der Waals surface area contributed by atoms with E-state index in [1.807, 2.05) is 81.4 Å². The van der Waals surface area contributed by atoms with Crippen molar-refractivity contribution in [3.8, 4) is 0 Å². The summed E-state index contributed by atoms with van der Waals surface area (Å²) in [5, 5.41) is 5.88. The fourth-order valence-electron chi connectivity index (χ4n) is 2.77. The van der Waals surface area contributed by atoms with Crippen molar-refractivity contribution >= 4 is 11.8 Å². The lowest BCUT2D eigenvalue weighted by Gasteiger charge is -2.21. The van der Waals surface area contributed by atoms with E-state index in [1.54, 1.807) is 0 Å². The first-order valence-electron chi connectivity index (χ1n) is 8.73. The Morgan fingerprint density at radius 3 is 1.44 bits per heavy atom. The molecule has 2 unspecified atom stereocenters. The Morgan fingerprint density at radius 1 is 0.760 bits per heavy atom. The molecule has 2 atom stereocenters. The van der Waals surface area contributed by atoms with Gasteiger partial charge >= 0.3 is 0 Å². The largest absolute Gasteiger partial charge is 0.349 e. The van der Waals surface area contributed by atoms with Crippen molar-refractivity contribution in [2.45, 2.75) is 39.3 Å². The third-order valence-corrected chi connectivity index (χ3v) is 4.36. The molecule has 2 aromatic carbocycles. The van der Waals surface area contributed by atoms with E-state index in [-0.39, 0.29) is 23.9 Å². The van der Waals surface area contributed by atoms with Crippen LogP contribution < -0.4 is 10.6 Å². The lowest BCUT2D eigenvalue weighted by Crippen LogP contribution is -2.42. The number of carbonyl (C=O) groups is 2. The Kier molecular flexibility index (Phi) is 6.75. The molecular formula is C21H26N2O2. The molecule has 0 saturated heterocycles. The molecule has 0 aliphatic carbocycles. The summed E-state index contributed by atoms with van der Waals surface area (Å²) in [5.74, 6) is -1.18. The van der Waals surface area contributed by atoms with Gasteiger partial charge in [-0.2, -0.15) is 0 Å². The van der Waals surface area contributed by atoms with Gasteiger partial charge in [0.2, 0.25) is 11.8 Å². The van der Waals surface area contributed by atoms with Crippen molar-refractivity contribution in [2.75, 3.05) is 0 Å². The molecule has 2 rings (SSSR count). The minimum atomic E-state index is -0.697. The Bertz CT molecular complexity index is 626. The van der Waals surface area contributed by atoms with Crippen LogP contribution in [0.4, 0.5) is 0 Å². The van der Waals surface area contributed by atoms with Crippen LogP contribution in [-0.4, -0.2) is 11.8 Å². The fraction of sp³-hybridized carbons (Fsp3) is 0.333. The summed E-state index contributed by atoms with van der Waals surface area (Å²) in [6.07, 6.45) is 0.459. The van der Waals surface area contributed by atoms with Gasteiger partial charge in [-0.05, 0) is 31.4 Å². The molecule has 4 heteroatoms. The Balaban J connectivity index is 1.97. The summed E-state index contributed by atoms with van der Waals surface area (Å²) in [5.41, 5.74) is 2.03. The summed E-state index contributed by atoms with van der Waals surface area (Å²) < 4.78 is 0. The Morgan fingerprint density at radius 2 is 1.12 bits per heavy atom. The highest BCUT2D eigenvalue weighted by molar-refractivity contribution is 6.00. The van der Waals surface area contributed by atoms with Crippen molar-refractivity contribution in [3.63, 3.8) is 0 Å². The minimum Gasteiger partial charge on any atom is -0.349 e. The first-order chi connectivity index (χ1) is 12.0. The van der Waals surface area contributed by atoms with Gasteiger partial charge in [-0.3, -0.25) is 9.59 Å². The van der Waals surface area contributed by atoms with Crippen molar-refractivity contribution in [3.05, 3.63) is 71.8 Å². The number of rotatable bonds is 7. The van der Waals surface area contributed by atoms with E-state index in [9.17, 15) is 9.59 Å². The van der Waals surface area contributed by atoms with Crippen LogP contribution in [0.2, 0.25) is 0 Å². The number of hydrogen-bond donors (Lipinski definition) is 2. The minimum absolute atomic E-state index is 0.137. The topological polar surface area (TPSA) is 58.2 Å². The van der Waals surface area contributed by atoms with Crippen molar-refractivity contribution in [1.82, 2.24) is 10.6 Å². The van der Waals surface area contributed by atoms with Crippen LogP contribution in [0.3, 0.4) is 0 Å². The zero-order valence-corrected chi connectivity index (χ0v) is 15.0. The summed E-state index contributed by atoms with van der Waals surface area (Å²) >= 11 is 0. The molecule has 0 spiro atoms. The van der Waals surface area contributed by atoms with Gasteiger partial charge in [0.15, 0.2) is 0 Å². The first-order valence-corrected chi connectivity index (χ1v) is 8.73. The maximum atomic E-state index is 12.5. The van der Waals surface area contributed by atoms with E-state index in [2.05, 4.69) is 10.6 Å². The molecule has 0 aliphatic rings. The van der Waals surface area contributed by atoms with Gasteiger partial charge in [-0.1, -0.05) is 67.6 Å². The monoisotopic (exact) mass is 338 g/mol. The summed E-state index contributed by atoms with van der Waals surface area (Å²) in [6, 6.07) is 19.2. The Hall–Kier alpha value is -2.62. The second kappa shape index (κ2) is 9.02. The zero-order chi connectivity index (χ0) is 18.2. The van der Waals surface area contributed by atoms with Crippen LogP contribution in [0.1, 0.15) is 50.4 Å². The molecule has 4 nitrogen and oxygen atoms in total. The van der Waals surface area contributed by atoms with Crippen LogP contribution in [0, 0.1) is 5.92 Å². The zero-order valence-electron chi connectivity index (χ0n) is 15.0. The van der Waals surface area contributed by atoms with Crippen LogP contribution >= 0.6 is 0 Å². The van der Waals surface area contributed by atoms with Crippen LogP contribution in [0.15, 0.2) is 60.7 Å². The van der Waals surface area contributed by atoms with Crippen LogP contribution in [0.25, 0.3) is 0 Å². The van der Waals surface area contributed by atoms with Crippen molar-refractivity contribution < 1.29 is 9.59 Å². The third kappa shape index (κ3) is 5.18. The van der Waals surface area contributed by atoms with Gasteiger partial charge in [-0.15, -0.1) is 0 Å². The van der Waals surface area contributed by atoms with Crippen molar-refractivity contribution in [1.29, 1.82) is 0 Å². The molecule has 0 aliphatic heterocycles. The molecule has 2 aromatic rings. The van der Waals surface area contributed by atoms with Gasteiger partial charge in [0.1, 0.15) is 5.92 Å². The maximum absolute atomic E-state index is 12.5. The lowest BCUT2D eigenvalue weighted by molar-refractivity contribution is -0.136. The average Bonchev–Trinajstić information content (AvgIpc) is 2.63. The lowest BCUT2D eigenvalue weighted by atomic mass is 10.0. The Labute approximate surface area is 149 Å². The second-order valence-corrected chi connectivity index (χ2v) is 6.24. The third-order valence-electron chi connectivity index (χ3n) is 4.36. The highest BCUT2D eigenvalue weighted by atomic mass is 16.2. The molecule has 0 aromatic heterocycles. The number of hydrogen-bond acceptors (Lipinski definition) is 2. The van der Waals surface area contributed by atoms with Crippen LogP contribution in [-0.2, 0) is 9.59 Å². The standard InChI is InChI=1S/C21H26N2O2/c1-4-19(20(24)22-15(2)17-11-7-5-8-12-17)21(25)23-16(3)18-13-9-6-10-14-18/h5-16,19H,4H2,1-3H3,(H,22,24)(H,23,25). The van der Waals surface area contributed by atoms with Gasteiger partial charge in [-0.25, -0.2) is 0 Å². The molecule has 0 radical (unpaired) electrons. The van der Waals surface area contributed by atoms with Crippen molar-refractivity contribution in [2.24, 2.45) is 5.92 Å². The molecular weight excluding hydrogens is 312 g/mol. The normalized spacial score (nSPS) is 14.2. The maximum Gasteiger partial charge on any atom is 0.233 e. The molecule has 0 saturated carbocycles. The van der Waals surface area contributed by atoms with E-state index in [1.165, 1.54) is 0 Å².